The number of carbonyl (C=O) groups is 1. The van der Waals surface area contributed by atoms with Crippen molar-refractivity contribution < 1.29 is 23.8 Å². The van der Waals surface area contributed by atoms with E-state index in [1.807, 2.05) is 36.4 Å². The van der Waals surface area contributed by atoms with Gasteiger partial charge in [0.2, 0.25) is 0 Å². The number of benzene rings is 3. The highest BCUT2D eigenvalue weighted by Gasteiger charge is 2.29. The average molecular weight is 506 g/mol. The molecule has 0 aliphatic heterocycles. The Hall–Kier alpha value is -3.48. The molecule has 37 heavy (non-hydrogen) atoms. The van der Waals surface area contributed by atoms with Crippen molar-refractivity contribution >= 4 is 5.97 Å². The molecule has 0 saturated carbocycles. The maximum Gasteiger partial charge on any atom is 0.347 e. The van der Waals surface area contributed by atoms with Gasteiger partial charge in [-0.25, -0.2) is 9.18 Å². The SMILES string of the molecule is C=CCN(CCC)C(CO)Cc1c(C)c(OCc2ccccc2)c(C(=O)Oc2ccccc2)c(C)c1F. The average Bonchev–Trinajstić information content (AvgIpc) is 2.91. The second-order valence-electron chi connectivity index (χ2n) is 9.05. The van der Waals surface area contributed by atoms with E-state index in [1.54, 1.807) is 44.2 Å². The molecule has 0 heterocycles. The number of esters is 1. The molecule has 3 aromatic carbocycles. The van der Waals surface area contributed by atoms with Gasteiger partial charge in [-0.1, -0.05) is 61.5 Å². The number of hydrogen-bond donors (Lipinski definition) is 1. The molecule has 0 spiro atoms. The van der Waals surface area contributed by atoms with Crippen LogP contribution in [0.3, 0.4) is 0 Å². The standard InChI is InChI=1S/C31H36FNO4/c1-5-17-33(18-6-2)25(20-34)19-27-22(3)30(36-21-24-13-9-7-10-14-24)28(23(4)29(27)32)31(35)37-26-15-11-8-12-16-26/h5,7-16,25,34H,1,6,17-21H2,2-4H3. The number of ether oxygens (including phenoxy) is 2. The Morgan fingerprint density at radius 2 is 1.73 bits per heavy atom. The molecule has 0 fully saturated rings. The van der Waals surface area contributed by atoms with Gasteiger partial charge >= 0.3 is 5.97 Å². The number of hydrogen-bond acceptors (Lipinski definition) is 5. The Balaban J connectivity index is 2.05. The fraction of sp³-hybridized carbons (Fsp3) is 0.323. The van der Waals surface area contributed by atoms with Crippen LogP contribution in [0.15, 0.2) is 73.3 Å². The van der Waals surface area contributed by atoms with Crippen LogP contribution in [-0.2, 0) is 13.0 Å². The van der Waals surface area contributed by atoms with Crippen LogP contribution >= 0.6 is 0 Å². The quantitative estimate of drug-likeness (QED) is 0.174. The minimum Gasteiger partial charge on any atom is -0.488 e. The van der Waals surface area contributed by atoms with Crippen LogP contribution in [0.2, 0.25) is 0 Å². The van der Waals surface area contributed by atoms with Crippen molar-refractivity contribution in [2.24, 2.45) is 0 Å². The first-order valence-corrected chi connectivity index (χ1v) is 12.6. The van der Waals surface area contributed by atoms with Gasteiger partial charge < -0.3 is 14.6 Å². The Morgan fingerprint density at radius 1 is 1.08 bits per heavy atom. The van der Waals surface area contributed by atoms with Gasteiger partial charge in [0.1, 0.15) is 29.5 Å². The highest BCUT2D eigenvalue weighted by Crippen LogP contribution is 2.35. The van der Waals surface area contributed by atoms with E-state index < -0.39 is 11.8 Å². The summed E-state index contributed by atoms with van der Waals surface area (Å²) in [6.45, 7) is 10.6. The number of carbonyl (C=O) groups excluding carboxylic acids is 1. The van der Waals surface area contributed by atoms with Gasteiger partial charge in [-0.2, -0.15) is 0 Å². The molecule has 5 nitrogen and oxygen atoms in total. The highest BCUT2D eigenvalue weighted by atomic mass is 19.1. The summed E-state index contributed by atoms with van der Waals surface area (Å²) >= 11 is 0. The zero-order valence-electron chi connectivity index (χ0n) is 21.9. The first-order chi connectivity index (χ1) is 17.9. The van der Waals surface area contributed by atoms with Crippen molar-refractivity contribution in [3.05, 3.63) is 107 Å². The van der Waals surface area contributed by atoms with Crippen LogP contribution in [0.5, 0.6) is 11.5 Å². The number of rotatable bonds is 13. The summed E-state index contributed by atoms with van der Waals surface area (Å²) in [5.41, 5.74) is 2.08. The molecule has 6 heteroatoms. The molecule has 0 aliphatic carbocycles. The lowest BCUT2D eigenvalue weighted by molar-refractivity contribution is 0.0727. The lowest BCUT2D eigenvalue weighted by Crippen LogP contribution is -2.40. The van der Waals surface area contributed by atoms with Gasteiger partial charge in [0.05, 0.1) is 6.61 Å². The third-order valence-corrected chi connectivity index (χ3v) is 6.41. The Bertz CT molecular complexity index is 1180. The molecular weight excluding hydrogens is 469 g/mol. The molecule has 0 aliphatic rings. The molecule has 196 valence electrons. The number of nitrogens with zero attached hydrogens (tertiary/aromatic N) is 1. The smallest absolute Gasteiger partial charge is 0.347 e. The predicted octanol–water partition coefficient (Wildman–Crippen LogP) is 6.04. The Morgan fingerprint density at radius 3 is 2.32 bits per heavy atom. The molecule has 0 bridgehead atoms. The third kappa shape index (κ3) is 7.06. The minimum absolute atomic E-state index is 0.0654. The molecule has 1 N–H and O–H groups in total. The van der Waals surface area contributed by atoms with E-state index in [0.717, 1.165) is 18.5 Å². The molecule has 0 saturated heterocycles. The van der Waals surface area contributed by atoms with E-state index in [2.05, 4.69) is 18.4 Å². The van der Waals surface area contributed by atoms with Gasteiger partial charge in [0.15, 0.2) is 0 Å². The molecule has 1 unspecified atom stereocenters. The normalized spacial score (nSPS) is 11.8. The monoisotopic (exact) mass is 505 g/mol. The summed E-state index contributed by atoms with van der Waals surface area (Å²) in [4.78, 5) is 15.4. The van der Waals surface area contributed by atoms with Crippen molar-refractivity contribution in [3.63, 3.8) is 0 Å². The number of halogens is 1. The lowest BCUT2D eigenvalue weighted by atomic mass is 9.92. The van der Waals surface area contributed by atoms with E-state index in [9.17, 15) is 9.90 Å². The van der Waals surface area contributed by atoms with E-state index in [-0.39, 0.29) is 36.8 Å². The number of para-hydroxylation sites is 1. The highest BCUT2D eigenvalue weighted by molar-refractivity contribution is 5.96. The molecule has 3 aromatic rings. The first-order valence-electron chi connectivity index (χ1n) is 12.6. The summed E-state index contributed by atoms with van der Waals surface area (Å²) in [6, 6.07) is 18.0. The van der Waals surface area contributed by atoms with Crippen molar-refractivity contribution in [2.45, 2.75) is 46.3 Å². The minimum atomic E-state index is -0.682. The lowest BCUT2D eigenvalue weighted by Gasteiger charge is -2.30. The molecule has 0 amide bonds. The summed E-state index contributed by atoms with van der Waals surface area (Å²) < 4.78 is 27.7. The van der Waals surface area contributed by atoms with Crippen LogP contribution in [-0.4, -0.2) is 41.7 Å². The van der Waals surface area contributed by atoms with Crippen LogP contribution in [0, 0.1) is 19.7 Å². The molecule has 1 atom stereocenters. The van der Waals surface area contributed by atoms with Gasteiger partial charge in [-0.3, -0.25) is 4.90 Å². The maximum absolute atomic E-state index is 15.9. The van der Waals surface area contributed by atoms with Gasteiger partial charge in [0, 0.05) is 18.2 Å². The van der Waals surface area contributed by atoms with Crippen LogP contribution in [0.25, 0.3) is 0 Å². The number of aliphatic hydroxyl groups is 1. The van der Waals surface area contributed by atoms with Crippen molar-refractivity contribution in [1.82, 2.24) is 4.90 Å². The van der Waals surface area contributed by atoms with Crippen LogP contribution in [0.4, 0.5) is 4.39 Å². The molecule has 0 radical (unpaired) electrons. The summed E-state index contributed by atoms with van der Waals surface area (Å²) in [6.07, 6.45) is 2.93. The van der Waals surface area contributed by atoms with Gasteiger partial charge in [0.25, 0.3) is 0 Å². The summed E-state index contributed by atoms with van der Waals surface area (Å²) in [5.74, 6) is -0.513. The second-order valence-corrected chi connectivity index (χ2v) is 9.05. The number of aliphatic hydroxyl groups excluding tert-OH is 1. The zero-order chi connectivity index (χ0) is 26.8. The molecule has 3 rings (SSSR count). The first kappa shape index (κ1) is 28.1. The predicted molar refractivity (Wildman–Crippen MR) is 145 cm³/mol. The molecular formula is C31H36FNO4. The largest absolute Gasteiger partial charge is 0.488 e. The Kier molecular flexibility index (Phi) is 10.4. The van der Waals surface area contributed by atoms with E-state index in [4.69, 9.17) is 9.47 Å². The molecule has 0 aromatic heterocycles. The summed E-state index contributed by atoms with van der Waals surface area (Å²) in [7, 11) is 0. The topological polar surface area (TPSA) is 59.0 Å². The van der Waals surface area contributed by atoms with Crippen molar-refractivity contribution in [1.29, 1.82) is 0 Å². The fourth-order valence-corrected chi connectivity index (χ4v) is 4.46. The van der Waals surface area contributed by atoms with Crippen molar-refractivity contribution in [3.8, 4) is 11.5 Å². The van der Waals surface area contributed by atoms with E-state index >= 15 is 4.39 Å². The van der Waals surface area contributed by atoms with Crippen LogP contribution in [0.1, 0.15) is 46.0 Å². The second kappa shape index (κ2) is 13.7. The summed E-state index contributed by atoms with van der Waals surface area (Å²) in [5, 5.41) is 10.2. The third-order valence-electron chi connectivity index (χ3n) is 6.41. The zero-order valence-corrected chi connectivity index (χ0v) is 21.9. The Labute approximate surface area is 219 Å². The van der Waals surface area contributed by atoms with Gasteiger partial charge in [-0.05, 0) is 62.1 Å². The fourth-order valence-electron chi connectivity index (χ4n) is 4.46. The van der Waals surface area contributed by atoms with Gasteiger partial charge in [-0.15, -0.1) is 6.58 Å². The van der Waals surface area contributed by atoms with E-state index in [0.29, 0.717) is 29.2 Å². The van der Waals surface area contributed by atoms with E-state index in [1.165, 1.54) is 0 Å². The maximum atomic E-state index is 15.9. The van der Waals surface area contributed by atoms with Crippen molar-refractivity contribution in [2.75, 3.05) is 19.7 Å². The van der Waals surface area contributed by atoms with Crippen LogP contribution < -0.4 is 9.47 Å².